The number of aryl methyl sites for hydroxylation is 1. The molecule has 7 heteroatoms. The molecule has 104 valence electrons. The number of aromatic nitrogens is 2. The fraction of sp³-hybridized carbons (Fsp3) is 0.154. The second-order valence-electron chi connectivity index (χ2n) is 4.26. The molecule has 1 aromatic heterocycles. The number of carbonyl (C=O) groups is 1. The molecule has 20 heavy (non-hydrogen) atoms. The highest BCUT2D eigenvalue weighted by Crippen LogP contribution is 2.14. The molecule has 0 atom stereocenters. The smallest absolute Gasteiger partial charge is 0.324 e. The van der Waals surface area contributed by atoms with E-state index in [0.717, 1.165) is 4.57 Å². The van der Waals surface area contributed by atoms with E-state index in [-0.39, 0.29) is 12.5 Å². The zero-order valence-electron chi connectivity index (χ0n) is 10.6. The Morgan fingerprint density at radius 2 is 2.15 bits per heavy atom. The summed E-state index contributed by atoms with van der Waals surface area (Å²) in [5.41, 5.74) is -0.180. The summed E-state index contributed by atoms with van der Waals surface area (Å²) in [6.45, 7) is 1.37. The predicted molar refractivity (Wildman–Crippen MR) is 76.1 cm³/mol. The van der Waals surface area contributed by atoms with Crippen LogP contribution in [0, 0.1) is 6.92 Å². The minimum absolute atomic E-state index is 0.192. The van der Waals surface area contributed by atoms with Crippen molar-refractivity contribution >= 4 is 23.2 Å². The van der Waals surface area contributed by atoms with Gasteiger partial charge in [-0.1, -0.05) is 17.7 Å². The molecule has 0 bridgehead atoms. The van der Waals surface area contributed by atoms with Crippen LogP contribution < -0.4 is 16.6 Å². The molecule has 0 aliphatic carbocycles. The van der Waals surface area contributed by atoms with Gasteiger partial charge in [-0.05, 0) is 25.1 Å². The number of aromatic amines is 1. The third-order valence-electron chi connectivity index (χ3n) is 2.61. The number of hydrogen-bond acceptors (Lipinski definition) is 3. The summed E-state index contributed by atoms with van der Waals surface area (Å²) >= 11 is 5.81. The van der Waals surface area contributed by atoms with Crippen molar-refractivity contribution in [1.29, 1.82) is 0 Å². The molecule has 2 aromatic rings. The summed E-state index contributed by atoms with van der Waals surface area (Å²) in [6.07, 6.45) is 1.35. The lowest BCUT2D eigenvalue weighted by atomic mass is 10.3. The van der Waals surface area contributed by atoms with Crippen molar-refractivity contribution in [2.24, 2.45) is 0 Å². The summed E-state index contributed by atoms with van der Waals surface area (Å²) in [5, 5.41) is 3.12. The molecule has 0 fully saturated rings. The van der Waals surface area contributed by atoms with Crippen molar-refractivity contribution < 1.29 is 4.79 Å². The van der Waals surface area contributed by atoms with Gasteiger partial charge >= 0.3 is 5.69 Å². The van der Waals surface area contributed by atoms with Gasteiger partial charge < -0.3 is 5.32 Å². The third kappa shape index (κ3) is 3.36. The van der Waals surface area contributed by atoms with E-state index in [1.807, 2.05) is 0 Å². The maximum Gasteiger partial charge on any atom is 0.328 e. The van der Waals surface area contributed by atoms with Crippen LogP contribution in [-0.4, -0.2) is 15.5 Å². The topological polar surface area (TPSA) is 84.0 Å². The van der Waals surface area contributed by atoms with E-state index >= 15 is 0 Å². The van der Waals surface area contributed by atoms with Crippen LogP contribution in [0.2, 0.25) is 5.02 Å². The molecule has 0 saturated carbocycles. The van der Waals surface area contributed by atoms with E-state index < -0.39 is 11.2 Å². The molecule has 0 spiro atoms. The molecular formula is C13H12ClN3O3. The average molecular weight is 294 g/mol. The Morgan fingerprint density at radius 3 is 2.85 bits per heavy atom. The lowest BCUT2D eigenvalue weighted by molar-refractivity contribution is -0.116. The number of H-pyrrole nitrogens is 1. The van der Waals surface area contributed by atoms with E-state index in [1.54, 1.807) is 31.2 Å². The normalized spacial score (nSPS) is 10.3. The quantitative estimate of drug-likeness (QED) is 0.890. The molecule has 0 unspecified atom stereocenters. The van der Waals surface area contributed by atoms with Crippen LogP contribution in [0.4, 0.5) is 5.69 Å². The van der Waals surface area contributed by atoms with Crippen LogP contribution in [0.15, 0.2) is 40.1 Å². The Bertz CT molecular complexity index is 764. The van der Waals surface area contributed by atoms with Gasteiger partial charge in [0.2, 0.25) is 5.91 Å². The molecule has 2 rings (SSSR count). The number of rotatable bonds is 3. The first-order valence-corrected chi connectivity index (χ1v) is 6.19. The van der Waals surface area contributed by atoms with Crippen molar-refractivity contribution in [1.82, 2.24) is 9.55 Å². The number of anilines is 1. The van der Waals surface area contributed by atoms with Gasteiger partial charge in [-0.3, -0.25) is 19.1 Å². The average Bonchev–Trinajstić information content (AvgIpc) is 2.36. The number of benzene rings is 1. The minimum Gasteiger partial charge on any atom is -0.324 e. The zero-order chi connectivity index (χ0) is 14.7. The second-order valence-corrected chi connectivity index (χ2v) is 4.69. The van der Waals surface area contributed by atoms with Crippen LogP contribution in [0.3, 0.4) is 0 Å². The Balaban J connectivity index is 2.15. The van der Waals surface area contributed by atoms with E-state index in [0.29, 0.717) is 16.3 Å². The zero-order valence-corrected chi connectivity index (χ0v) is 11.4. The van der Waals surface area contributed by atoms with Gasteiger partial charge in [0.15, 0.2) is 0 Å². The number of carbonyl (C=O) groups excluding carboxylic acids is 1. The molecule has 2 N–H and O–H groups in total. The van der Waals surface area contributed by atoms with Gasteiger partial charge in [0, 0.05) is 22.5 Å². The maximum absolute atomic E-state index is 11.8. The number of hydrogen-bond donors (Lipinski definition) is 2. The first kappa shape index (κ1) is 14.1. The lowest BCUT2D eigenvalue weighted by Crippen LogP contribution is -2.34. The summed E-state index contributed by atoms with van der Waals surface area (Å²) < 4.78 is 1.14. The lowest BCUT2D eigenvalue weighted by Gasteiger charge is -2.07. The number of halogens is 1. The summed E-state index contributed by atoms with van der Waals surface area (Å²) in [4.78, 5) is 36.7. The van der Waals surface area contributed by atoms with E-state index in [1.165, 1.54) is 6.20 Å². The maximum atomic E-state index is 11.8. The third-order valence-corrected chi connectivity index (χ3v) is 2.85. The van der Waals surface area contributed by atoms with E-state index in [4.69, 9.17) is 11.6 Å². The van der Waals surface area contributed by atoms with Crippen LogP contribution in [0.1, 0.15) is 5.56 Å². The highest BCUT2D eigenvalue weighted by molar-refractivity contribution is 6.30. The van der Waals surface area contributed by atoms with Gasteiger partial charge in [0.1, 0.15) is 6.54 Å². The summed E-state index contributed by atoms with van der Waals surface area (Å²) in [6, 6.07) is 6.67. The molecule has 1 heterocycles. The molecule has 0 aliphatic rings. The number of amides is 1. The van der Waals surface area contributed by atoms with Gasteiger partial charge in [-0.25, -0.2) is 4.79 Å². The van der Waals surface area contributed by atoms with Crippen LogP contribution >= 0.6 is 11.6 Å². The Labute approximate surface area is 119 Å². The molecule has 6 nitrogen and oxygen atoms in total. The summed E-state index contributed by atoms with van der Waals surface area (Å²) in [5.74, 6) is -0.388. The minimum atomic E-state index is -0.623. The van der Waals surface area contributed by atoms with Crippen LogP contribution in [-0.2, 0) is 11.3 Å². The van der Waals surface area contributed by atoms with Gasteiger partial charge in [-0.2, -0.15) is 0 Å². The molecule has 1 aromatic carbocycles. The van der Waals surface area contributed by atoms with E-state index in [2.05, 4.69) is 10.3 Å². The fourth-order valence-electron chi connectivity index (χ4n) is 1.66. The molecule has 0 aliphatic heterocycles. The van der Waals surface area contributed by atoms with E-state index in [9.17, 15) is 14.4 Å². The van der Waals surface area contributed by atoms with Crippen molar-refractivity contribution in [3.8, 4) is 0 Å². The molecule has 0 radical (unpaired) electrons. The molecule has 1 amide bonds. The van der Waals surface area contributed by atoms with Crippen LogP contribution in [0.25, 0.3) is 0 Å². The van der Waals surface area contributed by atoms with Crippen molar-refractivity contribution in [3.63, 3.8) is 0 Å². The first-order chi connectivity index (χ1) is 9.45. The standard InChI is InChI=1S/C13H12ClN3O3/c1-8-6-17(13(20)16-12(8)19)7-11(18)15-10-4-2-3-9(14)5-10/h2-6H,7H2,1H3,(H,15,18)(H,16,19,20). The molecular weight excluding hydrogens is 282 g/mol. The SMILES string of the molecule is Cc1cn(CC(=O)Nc2cccc(Cl)c2)c(=O)[nH]c1=O. The molecule has 0 saturated heterocycles. The largest absolute Gasteiger partial charge is 0.328 e. The summed E-state index contributed by atoms with van der Waals surface area (Å²) in [7, 11) is 0. The first-order valence-electron chi connectivity index (χ1n) is 5.81. The monoisotopic (exact) mass is 293 g/mol. The van der Waals surface area contributed by atoms with Crippen molar-refractivity contribution in [2.75, 3.05) is 5.32 Å². The predicted octanol–water partition coefficient (Wildman–Crippen LogP) is 1.14. The van der Waals surface area contributed by atoms with Crippen LogP contribution in [0.5, 0.6) is 0 Å². The number of nitrogens with zero attached hydrogens (tertiary/aromatic N) is 1. The van der Waals surface area contributed by atoms with Gasteiger partial charge in [0.05, 0.1) is 0 Å². The van der Waals surface area contributed by atoms with Crippen molar-refractivity contribution in [3.05, 3.63) is 61.9 Å². The highest BCUT2D eigenvalue weighted by Gasteiger charge is 2.07. The Hall–Kier alpha value is -2.34. The number of nitrogens with one attached hydrogen (secondary N) is 2. The van der Waals surface area contributed by atoms with Gasteiger partial charge in [0.25, 0.3) is 5.56 Å². The fourth-order valence-corrected chi connectivity index (χ4v) is 1.85. The highest BCUT2D eigenvalue weighted by atomic mass is 35.5. The van der Waals surface area contributed by atoms with Crippen molar-refractivity contribution in [2.45, 2.75) is 13.5 Å². The van der Waals surface area contributed by atoms with Gasteiger partial charge in [-0.15, -0.1) is 0 Å². The second kappa shape index (κ2) is 5.75. The Kier molecular flexibility index (Phi) is 4.05. The Morgan fingerprint density at radius 1 is 1.40 bits per heavy atom.